The van der Waals surface area contributed by atoms with Gasteiger partial charge in [-0.1, -0.05) is 0 Å². The predicted molar refractivity (Wildman–Crippen MR) is 51.1 cm³/mol. The molecule has 0 fully saturated rings. The van der Waals surface area contributed by atoms with Crippen molar-refractivity contribution in [2.24, 2.45) is 5.73 Å². The Morgan fingerprint density at radius 1 is 1.36 bits per heavy atom. The van der Waals surface area contributed by atoms with E-state index in [0.717, 1.165) is 0 Å². The van der Waals surface area contributed by atoms with Crippen molar-refractivity contribution in [3.63, 3.8) is 0 Å². The third-order valence-electron chi connectivity index (χ3n) is 1.67. The Bertz CT molecular complexity index is 238. The van der Waals surface area contributed by atoms with Crippen LogP contribution in [0.1, 0.15) is 19.3 Å². The lowest BCUT2D eigenvalue weighted by molar-refractivity contribution is 0.168. The summed E-state index contributed by atoms with van der Waals surface area (Å²) in [4.78, 5) is 26.1. The first-order valence-electron chi connectivity index (χ1n) is 3.97. The molecule has 6 N–H and O–H groups in total. The second-order valence-corrected chi connectivity index (χ2v) is 6.60. The fourth-order valence-electron chi connectivity index (χ4n) is 0.956. The van der Waals surface area contributed by atoms with Crippen molar-refractivity contribution in [3.8, 4) is 0 Å². The molecule has 3 unspecified atom stereocenters. The molecule has 0 aromatic heterocycles. The molecule has 0 aliphatic rings. The van der Waals surface area contributed by atoms with Crippen molar-refractivity contribution in [1.29, 1.82) is 0 Å². The van der Waals surface area contributed by atoms with E-state index in [1.807, 2.05) is 0 Å². The Hall–Kier alpha value is 0.260. The number of hydrogen-bond donors (Lipinski definition) is 5. The van der Waals surface area contributed by atoms with Crippen molar-refractivity contribution >= 4 is 15.6 Å². The van der Waals surface area contributed by atoms with E-state index in [-0.39, 0.29) is 19.3 Å². The van der Waals surface area contributed by atoms with Crippen molar-refractivity contribution in [1.82, 2.24) is 0 Å². The number of aliphatic hydroxyl groups excluding tert-OH is 1. The highest BCUT2D eigenvalue weighted by Crippen LogP contribution is 2.53. The molecule has 86 valence electrons. The lowest BCUT2D eigenvalue weighted by atomic mass is 10.2. The smallest absolute Gasteiger partial charge is 0.337 e. The Labute approximate surface area is 82.0 Å². The molecule has 3 atom stereocenters. The van der Waals surface area contributed by atoms with Gasteiger partial charge in [0, 0.05) is 0 Å². The summed E-state index contributed by atoms with van der Waals surface area (Å²) in [6, 6.07) is 0. The summed E-state index contributed by atoms with van der Waals surface area (Å²) < 4.78 is 21.3. The molecule has 0 heterocycles. The van der Waals surface area contributed by atoms with Gasteiger partial charge in [0.25, 0.3) is 0 Å². The lowest BCUT2D eigenvalue weighted by Gasteiger charge is -2.15. The topological polar surface area (TPSA) is 141 Å². The monoisotopic (exact) mass is 247 g/mol. The van der Waals surface area contributed by atoms with Crippen molar-refractivity contribution < 1.29 is 28.9 Å². The molecular weight excluding hydrogens is 232 g/mol. The maximum Gasteiger partial charge on any atom is 0.337 e. The molecule has 0 aliphatic heterocycles. The molecule has 0 spiro atoms. The molecule has 0 aromatic carbocycles. The predicted octanol–water partition coefficient (Wildman–Crippen LogP) is -0.595. The average Bonchev–Trinajstić information content (AvgIpc) is 1.94. The van der Waals surface area contributed by atoms with Crippen LogP contribution in [0.2, 0.25) is 0 Å². The first-order chi connectivity index (χ1) is 6.25. The van der Waals surface area contributed by atoms with E-state index in [4.69, 9.17) is 25.5 Å². The Morgan fingerprint density at radius 3 is 2.14 bits per heavy atom. The molecule has 14 heavy (non-hydrogen) atoms. The fraction of sp³-hybridized carbons (Fsp3) is 1.00. The van der Waals surface area contributed by atoms with Gasteiger partial charge in [-0.2, -0.15) is 0 Å². The highest BCUT2D eigenvalue weighted by Gasteiger charge is 2.32. The molecule has 0 aliphatic carbocycles. The van der Waals surface area contributed by atoms with E-state index in [0.29, 0.717) is 0 Å². The van der Waals surface area contributed by atoms with Gasteiger partial charge >= 0.3 is 7.60 Å². The minimum Gasteiger partial charge on any atom is -0.379 e. The maximum atomic E-state index is 10.7. The van der Waals surface area contributed by atoms with Crippen LogP contribution >= 0.6 is 15.6 Å². The van der Waals surface area contributed by atoms with Crippen LogP contribution in [0.3, 0.4) is 0 Å². The summed E-state index contributed by atoms with van der Waals surface area (Å²) in [7, 11) is -7.80. The largest absolute Gasteiger partial charge is 0.379 e. The standard InChI is InChI=1S/C5H15NO6P2/c6-4(7)2-1-3-5(13(8)9)14(10,11)12/h4-5,7,13H,1-3,6H2,(H,8,9)(H2,10,11,12). The molecular formula is C5H15NO6P2. The van der Waals surface area contributed by atoms with E-state index < -0.39 is 27.3 Å². The van der Waals surface area contributed by atoms with Gasteiger partial charge in [-0.25, -0.2) is 0 Å². The molecule has 0 aromatic rings. The molecule has 0 saturated heterocycles. The SMILES string of the molecule is NC(O)CCCC([PH](=O)O)P(=O)(O)O. The average molecular weight is 247 g/mol. The van der Waals surface area contributed by atoms with E-state index >= 15 is 0 Å². The molecule has 0 saturated carbocycles. The maximum absolute atomic E-state index is 10.7. The number of rotatable bonds is 6. The van der Waals surface area contributed by atoms with Crippen LogP contribution in [0.15, 0.2) is 0 Å². The first kappa shape index (κ1) is 14.3. The van der Waals surface area contributed by atoms with Crippen molar-refractivity contribution in [2.75, 3.05) is 0 Å². The summed E-state index contributed by atoms with van der Waals surface area (Å²) in [6.07, 6.45) is -0.837. The van der Waals surface area contributed by atoms with Crippen molar-refractivity contribution in [3.05, 3.63) is 0 Å². The molecule has 0 radical (unpaired) electrons. The van der Waals surface area contributed by atoms with Crippen LogP contribution in [0, 0.1) is 0 Å². The van der Waals surface area contributed by atoms with Gasteiger partial charge in [-0.15, -0.1) is 0 Å². The highest BCUT2D eigenvalue weighted by atomic mass is 31.2. The Kier molecular flexibility index (Phi) is 6.09. The summed E-state index contributed by atoms with van der Waals surface area (Å²) in [5.74, 6) is 0. The van der Waals surface area contributed by atoms with E-state index in [9.17, 15) is 9.13 Å². The molecule has 0 rings (SSSR count). The normalized spacial score (nSPS) is 18.9. The number of nitrogens with two attached hydrogens (primary N) is 1. The zero-order valence-corrected chi connectivity index (χ0v) is 9.30. The van der Waals surface area contributed by atoms with Gasteiger partial charge in [-0.05, 0) is 19.3 Å². The zero-order valence-electron chi connectivity index (χ0n) is 7.41. The minimum absolute atomic E-state index is 0.118. The van der Waals surface area contributed by atoms with E-state index in [2.05, 4.69) is 0 Å². The second kappa shape index (κ2) is 5.98. The zero-order chi connectivity index (χ0) is 11.4. The minimum atomic E-state index is -4.53. The summed E-state index contributed by atoms with van der Waals surface area (Å²) in [6.45, 7) is 0. The van der Waals surface area contributed by atoms with Crippen molar-refractivity contribution in [2.45, 2.75) is 30.9 Å². The van der Waals surface area contributed by atoms with Crippen LogP contribution in [-0.2, 0) is 9.13 Å². The molecule has 0 bridgehead atoms. The Morgan fingerprint density at radius 2 is 1.86 bits per heavy atom. The second-order valence-electron chi connectivity index (χ2n) is 2.94. The molecule has 9 heteroatoms. The van der Waals surface area contributed by atoms with Gasteiger partial charge < -0.3 is 25.5 Å². The van der Waals surface area contributed by atoms with Crippen LogP contribution in [0.25, 0.3) is 0 Å². The lowest BCUT2D eigenvalue weighted by Crippen LogP contribution is -2.18. The van der Waals surface area contributed by atoms with Gasteiger partial charge in [-0.3, -0.25) is 9.13 Å². The van der Waals surface area contributed by atoms with Gasteiger partial charge in [0.2, 0.25) is 8.03 Å². The number of aliphatic hydroxyl groups is 1. The van der Waals surface area contributed by atoms with E-state index in [1.54, 1.807) is 0 Å². The quantitative estimate of drug-likeness (QED) is 0.312. The van der Waals surface area contributed by atoms with Gasteiger partial charge in [0.15, 0.2) is 0 Å². The van der Waals surface area contributed by atoms with Gasteiger partial charge in [0.1, 0.15) is 11.6 Å². The first-order valence-corrected chi connectivity index (χ1v) is 7.08. The Balaban J connectivity index is 4.14. The summed E-state index contributed by atoms with van der Waals surface area (Å²) in [5, 5.41) is 7.14. The third-order valence-corrected chi connectivity index (χ3v) is 5.27. The van der Waals surface area contributed by atoms with Gasteiger partial charge in [0.05, 0.1) is 0 Å². The molecule has 7 nitrogen and oxygen atoms in total. The molecule has 0 amide bonds. The van der Waals surface area contributed by atoms with Crippen LogP contribution in [0.4, 0.5) is 0 Å². The van der Waals surface area contributed by atoms with Crippen LogP contribution < -0.4 is 5.73 Å². The number of hydrogen-bond acceptors (Lipinski definition) is 4. The highest BCUT2D eigenvalue weighted by molar-refractivity contribution is 7.65. The summed E-state index contributed by atoms with van der Waals surface area (Å²) in [5.41, 5.74) is 4.99. The van der Waals surface area contributed by atoms with E-state index in [1.165, 1.54) is 0 Å². The fourth-order valence-corrected chi connectivity index (χ4v) is 3.08. The third kappa shape index (κ3) is 5.88. The van der Waals surface area contributed by atoms with Crippen LogP contribution in [0.5, 0.6) is 0 Å². The summed E-state index contributed by atoms with van der Waals surface area (Å²) >= 11 is 0. The van der Waals surface area contributed by atoms with Crippen LogP contribution in [-0.4, -0.2) is 31.4 Å².